The summed E-state index contributed by atoms with van der Waals surface area (Å²) in [6, 6.07) is 0. The Balaban J connectivity index is 2.87. The monoisotopic (exact) mass is 215 g/mol. The third-order valence-corrected chi connectivity index (χ3v) is 2.28. The summed E-state index contributed by atoms with van der Waals surface area (Å²) in [5.41, 5.74) is 0. The van der Waals surface area contributed by atoms with E-state index in [0.717, 1.165) is 45.2 Å². The van der Waals surface area contributed by atoms with E-state index in [1.165, 1.54) is 12.8 Å². The molecule has 15 heavy (non-hydrogen) atoms. The molecule has 3 N–H and O–H groups in total. The second-order valence-corrected chi connectivity index (χ2v) is 4.43. The van der Waals surface area contributed by atoms with Gasteiger partial charge < -0.3 is 16.0 Å². The van der Waals surface area contributed by atoms with Crippen molar-refractivity contribution in [2.75, 3.05) is 39.3 Å². The second kappa shape index (κ2) is 12.0. The number of nitrogens with one attached hydrogen (secondary N) is 3. The number of hydrogen-bond donors (Lipinski definition) is 3. The van der Waals surface area contributed by atoms with Crippen LogP contribution in [0.25, 0.3) is 0 Å². The Bertz CT molecular complexity index is 115. The molecule has 0 aromatic carbocycles. The summed E-state index contributed by atoms with van der Waals surface area (Å²) in [7, 11) is 0. The topological polar surface area (TPSA) is 36.1 Å². The quantitative estimate of drug-likeness (QED) is 0.453. The minimum absolute atomic E-state index is 0.809. The minimum Gasteiger partial charge on any atom is -0.315 e. The van der Waals surface area contributed by atoms with Gasteiger partial charge in [0, 0.05) is 26.2 Å². The second-order valence-electron chi connectivity index (χ2n) is 4.43. The van der Waals surface area contributed by atoms with Gasteiger partial charge in [-0.3, -0.25) is 0 Å². The van der Waals surface area contributed by atoms with Crippen LogP contribution in [0.15, 0.2) is 0 Å². The van der Waals surface area contributed by atoms with E-state index in [4.69, 9.17) is 0 Å². The van der Waals surface area contributed by atoms with Crippen LogP contribution in [0.3, 0.4) is 0 Å². The zero-order chi connectivity index (χ0) is 11.4. The van der Waals surface area contributed by atoms with Gasteiger partial charge >= 0.3 is 0 Å². The number of hydrogen-bond acceptors (Lipinski definition) is 3. The molecule has 0 aromatic heterocycles. The number of rotatable bonds is 11. The predicted molar refractivity (Wildman–Crippen MR) is 68.4 cm³/mol. The molecule has 0 bridgehead atoms. The third kappa shape index (κ3) is 13.9. The summed E-state index contributed by atoms with van der Waals surface area (Å²) < 4.78 is 0. The molecule has 0 fully saturated rings. The van der Waals surface area contributed by atoms with Crippen LogP contribution >= 0.6 is 0 Å². The molecule has 3 heteroatoms. The zero-order valence-electron chi connectivity index (χ0n) is 10.7. The lowest BCUT2D eigenvalue weighted by molar-refractivity contribution is 0.524. The van der Waals surface area contributed by atoms with Gasteiger partial charge in [0.25, 0.3) is 0 Å². The highest BCUT2D eigenvalue weighted by Crippen LogP contribution is 1.95. The van der Waals surface area contributed by atoms with Crippen LogP contribution in [0.4, 0.5) is 0 Å². The van der Waals surface area contributed by atoms with Crippen LogP contribution in [0.1, 0.15) is 33.6 Å². The molecule has 0 heterocycles. The Labute approximate surface area is 95.4 Å². The first-order valence-corrected chi connectivity index (χ1v) is 6.39. The van der Waals surface area contributed by atoms with Crippen LogP contribution < -0.4 is 16.0 Å². The Hall–Kier alpha value is -0.120. The van der Waals surface area contributed by atoms with Gasteiger partial charge in [-0.25, -0.2) is 0 Å². The molecule has 0 spiro atoms. The molecular weight excluding hydrogens is 186 g/mol. The van der Waals surface area contributed by atoms with E-state index in [0.29, 0.717) is 0 Å². The lowest BCUT2D eigenvalue weighted by Gasteiger charge is -2.08. The molecule has 0 aromatic rings. The van der Waals surface area contributed by atoms with Crippen molar-refractivity contribution in [2.24, 2.45) is 5.92 Å². The van der Waals surface area contributed by atoms with Gasteiger partial charge in [0.05, 0.1) is 0 Å². The molecule has 0 saturated carbocycles. The first-order valence-electron chi connectivity index (χ1n) is 6.39. The van der Waals surface area contributed by atoms with E-state index in [-0.39, 0.29) is 0 Å². The average molecular weight is 215 g/mol. The van der Waals surface area contributed by atoms with Gasteiger partial charge in [-0.2, -0.15) is 0 Å². The molecule has 0 radical (unpaired) electrons. The molecule has 0 aliphatic heterocycles. The van der Waals surface area contributed by atoms with Crippen molar-refractivity contribution in [3.05, 3.63) is 0 Å². The van der Waals surface area contributed by atoms with E-state index >= 15 is 0 Å². The van der Waals surface area contributed by atoms with Crippen LogP contribution in [-0.4, -0.2) is 39.3 Å². The SMILES string of the molecule is CCCNCCNCCNCCC(C)C. The minimum atomic E-state index is 0.809. The van der Waals surface area contributed by atoms with Crippen molar-refractivity contribution in [1.29, 1.82) is 0 Å². The van der Waals surface area contributed by atoms with Crippen molar-refractivity contribution < 1.29 is 0 Å². The van der Waals surface area contributed by atoms with Crippen LogP contribution in [0.2, 0.25) is 0 Å². The Morgan fingerprint density at radius 1 is 0.733 bits per heavy atom. The van der Waals surface area contributed by atoms with Gasteiger partial charge in [0.15, 0.2) is 0 Å². The maximum atomic E-state index is 3.44. The summed E-state index contributed by atoms with van der Waals surface area (Å²) in [4.78, 5) is 0. The fourth-order valence-electron chi connectivity index (χ4n) is 1.30. The first kappa shape index (κ1) is 14.9. The summed E-state index contributed by atoms with van der Waals surface area (Å²) in [5, 5.41) is 10.2. The van der Waals surface area contributed by atoms with Gasteiger partial charge in [-0.05, 0) is 31.8 Å². The standard InChI is InChI=1S/C12H29N3/c1-4-6-13-8-10-15-11-9-14-7-5-12(2)3/h12-15H,4-11H2,1-3H3. The van der Waals surface area contributed by atoms with Crippen molar-refractivity contribution in [3.8, 4) is 0 Å². The first-order chi connectivity index (χ1) is 7.27. The Kier molecular flexibility index (Phi) is 11.9. The van der Waals surface area contributed by atoms with Crippen molar-refractivity contribution >= 4 is 0 Å². The average Bonchev–Trinajstić information content (AvgIpc) is 2.20. The summed E-state index contributed by atoms with van der Waals surface area (Å²) in [6.45, 7) is 13.3. The van der Waals surface area contributed by atoms with E-state index in [1.807, 2.05) is 0 Å². The maximum absolute atomic E-state index is 3.44. The van der Waals surface area contributed by atoms with E-state index in [2.05, 4.69) is 36.7 Å². The smallest absolute Gasteiger partial charge is 0.00772 e. The lowest BCUT2D eigenvalue weighted by atomic mass is 10.1. The molecule has 0 aliphatic rings. The maximum Gasteiger partial charge on any atom is 0.00772 e. The summed E-state index contributed by atoms with van der Waals surface area (Å²) >= 11 is 0. The molecule has 0 saturated heterocycles. The van der Waals surface area contributed by atoms with Gasteiger partial charge in [-0.1, -0.05) is 20.8 Å². The van der Waals surface area contributed by atoms with Gasteiger partial charge in [0.1, 0.15) is 0 Å². The Morgan fingerprint density at radius 3 is 1.67 bits per heavy atom. The lowest BCUT2D eigenvalue weighted by Crippen LogP contribution is -2.33. The molecule has 92 valence electrons. The predicted octanol–water partition coefficient (Wildman–Crippen LogP) is 1.21. The summed E-state index contributed by atoms with van der Waals surface area (Å²) in [5.74, 6) is 0.809. The molecule has 0 unspecified atom stereocenters. The third-order valence-electron chi connectivity index (χ3n) is 2.28. The molecule has 0 rings (SSSR count). The van der Waals surface area contributed by atoms with Gasteiger partial charge in [0.2, 0.25) is 0 Å². The molecule has 0 atom stereocenters. The fourth-order valence-corrected chi connectivity index (χ4v) is 1.30. The van der Waals surface area contributed by atoms with Gasteiger partial charge in [-0.15, -0.1) is 0 Å². The molecular formula is C12H29N3. The highest BCUT2D eigenvalue weighted by Gasteiger charge is 1.92. The Morgan fingerprint density at radius 2 is 1.20 bits per heavy atom. The van der Waals surface area contributed by atoms with Crippen LogP contribution in [0.5, 0.6) is 0 Å². The zero-order valence-corrected chi connectivity index (χ0v) is 10.7. The van der Waals surface area contributed by atoms with Crippen LogP contribution in [-0.2, 0) is 0 Å². The van der Waals surface area contributed by atoms with Crippen molar-refractivity contribution in [3.63, 3.8) is 0 Å². The molecule has 0 aliphatic carbocycles. The normalized spacial score (nSPS) is 11.2. The van der Waals surface area contributed by atoms with E-state index in [9.17, 15) is 0 Å². The molecule has 0 amide bonds. The highest BCUT2D eigenvalue weighted by molar-refractivity contribution is 4.55. The van der Waals surface area contributed by atoms with Crippen molar-refractivity contribution in [2.45, 2.75) is 33.6 Å². The fraction of sp³-hybridized carbons (Fsp3) is 1.00. The largest absolute Gasteiger partial charge is 0.315 e. The summed E-state index contributed by atoms with van der Waals surface area (Å²) in [6.07, 6.45) is 2.49. The molecule has 3 nitrogen and oxygen atoms in total. The van der Waals surface area contributed by atoms with E-state index in [1.54, 1.807) is 0 Å². The van der Waals surface area contributed by atoms with Crippen LogP contribution in [0, 0.1) is 5.92 Å². The van der Waals surface area contributed by atoms with Crippen molar-refractivity contribution in [1.82, 2.24) is 16.0 Å². The van der Waals surface area contributed by atoms with E-state index < -0.39 is 0 Å². The highest BCUT2D eigenvalue weighted by atomic mass is 15.0.